The highest BCUT2D eigenvalue weighted by molar-refractivity contribution is 6.33. The van der Waals surface area contributed by atoms with Crippen LogP contribution in [0.5, 0.6) is 5.75 Å². The lowest BCUT2D eigenvalue weighted by Gasteiger charge is -2.19. The average Bonchev–Trinajstić information content (AvgIpc) is 2.86. The monoisotopic (exact) mass is 400 g/mol. The van der Waals surface area contributed by atoms with Crippen LogP contribution < -0.4 is 10.1 Å². The van der Waals surface area contributed by atoms with Gasteiger partial charge in [0.1, 0.15) is 6.61 Å². The number of benzene rings is 2. The van der Waals surface area contributed by atoms with Gasteiger partial charge >= 0.3 is 0 Å². The molecule has 1 aliphatic rings. The third-order valence-corrected chi connectivity index (χ3v) is 5.49. The first kappa shape index (κ1) is 20.2. The van der Waals surface area contributed by atoms with Gasteiger partial charge in [-0.2, -0.15) is 0 Å². The van der Waals surface area contributed by atoms with Gasteiger partial charge in [0.25, 0.3) is 11.8 Å². The van der Waals surface area contributed by atoms with Crippen LogP contribution in [0.25, 0.3) is 0 Å². The summed E-state index contributed by atoms with van der Waals surface area (Å²) in [7, 11) is 1.61. The van der Waals surface area contributed by atoms with Gasteiger partial charge in [0, 0.05) is 19.2 Å². The van der Waals surface area contributed by atoms with Crippen molar-refractivity contribution < 1.29 is 14.3 Å². The fourth-order valence-corrected chi connectivity index (χ4v) is 3.69. The Morgan fingerprint density at radius 3 is 2.64 bits per heavy atom. The molecule has 28 heavy (non-hydrogen) atoms. The minimum Gasteiger partial charge on any atom is -0.489 e. The van der Waals surface area contributed by atoms with Gasteiger partial charge in [-0.05, 0) is 54.7 Å². The molecule has 0 aliphatic carbocycles. The second kappa shape index (κ2) is 8.65. The average molecular weight is 401 g/mol. The molecule has 1 aliphatic heterocycles. The minimum absolute atomic E-state index is 0.0348. The van der Waals surface area contributed by atoms with Crippen molar-refractivity contribution in [2.24, 2.45) is 0 Å². The Morgan fingerprint density at radius 2 is 2.00 bits per heavy atom. The molecule has 148 valence electrons. The Morgan fingerprint density at radius 1 is 1.29 bits per heavy atom. The number of amides is 2. The topological polar surface area (TPSA) is 58.6 Å². The summed E-state index contributed by atoms with van der Waals surface area (Å²) in [5, 5.41) is 3.12. The largest absolute Gasteiger partial charge is 0.489 e. The van der Waals surface area contributed by atoms with Gasteiger partial charge < -0.3 is 15.0 Å². The number of nitrogens with zero attached hydrogens (tertiary/aromatic N) is 1. The standard InChI is InChI=1S/C22H25ClN2O3/c1-4-9-25-10-11-28-20-18(22(25)27)13-17(14(2)19(20)23)12-15-5-7-16(8-6-15)21(26)24-3/h5-8,13H,4,9-12H2,1-3H3,(H,24,26). The minimum atomic E-state index is -0.116. The maximum absolute atomic E-state index is 13.0. The fraction of sp³-hybridized carbons (Fsp3) is 0.364. The summed E-state index contributed by atoms with van der Waals surface area (Å²) < 4.78 is 5.83. The Kier molecular flexibility index (Phi) is 6.25. The van der Waals surface area contributed by atoms with E-state index in [0.717, 1.165) is 23.1 Å². The summed E-state index contributed by atoms with van der Waals surface area (Å²) in [6.07, 6.45) is 1.51. The van der Waals surface area contributed by atoms with Crippen molar-refractivity contribution in [3.8, 4) is 5.75 Å². The molecule has 0 aromatic heterocycles. The summed E-state index contributed by atoms with van der Waals surface area (Å²) in [6.45, 7) is 5.70. The molecule has 0 bridgehead atoms. The number of carbonyl (C=O) groups excluding carboxylic acids is 2. The van der Waals surface area contributed by atoms with Crippen LogP contribution in [0.3, 0.4) is 0 Å². The van der Waals surface area contributed by atoms with Crippen molar-refractivity contribution in [3.05, 3.63) is 63.2 Å². The van der Waals surface area contributed by atoms with Crippen LogP contribution >= 0.6 is 11.6 Å². The Labute approximate surface area is 170 Å². The highest BCUT2D eigenvalue weighted by Crippen LogP contribution is 2.37. The molecule has 0 fully saturated rings. The number of hydrogen-bond donors (Lipinski definition) is 1. The van der Waals surface area contributed by atoms with Crippen LogP contribution in [0.2, 0.25) is 5.02 Å². The lowest BCUT2D eigenvalue weighted by atomic mass is 9.96. The highest BCUT2D eigenvalue weighted by atomic mass is 35.5. The van der Waals surface area contributed by atoms with Gasteiger partial charge in [0.2, 0.25) is 0 Å². The maximum atomic E-state index is 13.0. The molecule has 0 saturated heterocycles. The predicted molar refractivity (Wildman–Crippen MR) is 111 cm³/mol. The Balaban J connectivity index is 1.94. The second-order valence-electron chi connectivity index (χ2n) is 6.94. The van der Waals surface area contributed by atoms with E-state index in [4.69, 9.17) is 16.3 Å². The number of carbonyl (C=O) groups is 2. The Bertz CT molecular complexity index is 894. The van der Waals surface area contributed by atoms with Crippen LogP contribution in [0.15, 0.2) is 30.3 Å². The van der Waals surface area contributed by atoms with E-state index in [9.17, 15) is 9.59 Å². The molecule has 0 spiro atoms. The first-order valence-corrected chi connectivity index (χ1v) is 9.89. The number of fused-ring (bicyclic) bond motifs is 1. The van der Waals surface area contributed by atoms with Gasteiger partial charge in [0.05, 0.1) is 17.1 Å². The first-order chi connectivity index (χ1) is 13.5. The molecular weight excluding hydrogens is 376 g/mol. The summed E-state index contributed by atoms with van der Waals surface area (Å²) in [4.78, 5) is 26.5. The van der Waals surface area contributed by atoms with Crippen LogP contribution in [0, 0.1) is 6.92 Å². The van der Waals surface area contributed by atoms with Crippen LogP contribution in [-0.2, 0) is 6.42 Å². The van der Waals surface area contributed by atoms with Gasteiger partial charge in [0.15, 0.2) is 5.75 Å². The lowest BCUT2D eigenvalue weighted by Crippen LogP contribution is -2.33. The molecule has 1 heterocycles. The van der Waals surface area contributed by atoms with Crippen molar-refractivity contribution in [1.29, 1.82) is 0 Å². The molecule has 0 saturated carbocycles. The van der Waals surface area contributed by atoms with E-state index in [1.165, 1.54) is 0 Å². The highest BCUT2D eigenvalue weighted by Gasteiger charge is 2.27. The third kappa shape index (κ3) is 3.99. The molecule has 0 radical (unpaired) electrons. The molecule has 2 amide bonds. The molecule has 0 atom stereocenters. The molecular formula is C22H25ClN2O3. The fourth-order valence-electron chi connectivity index (χ4n) is 3.41. The summed E-state index contributed by atoms with van der Waals surface area (Å²) in [6, 6.07) is 9.34. The van der Waals surface area contributed by atoms with E-state index in [-0.39, 0.29) is 11.8 Å². The zero-order valence-electron chi connectivity index (χ0n) is 16.5. The quantitative estimate of drug-likeness (QED) is 0.829. The van der Waals surface area contributed by atoms with Crippen LogP contribution in [0.1, 0.15) is 50.8 Å². The summed E-state index contributed by atoms with van der Waals surface area (Å²) in [5.41, 5.74) is 4.07. The van der Waals surface area contributed by atoms with Crippen molar-refractivity contribution in [1.82, 2.24) is 10.2 Å². The third-order valence-electron chi connectivity index (χ3n) is 5.03. The van der Waals surface area contributed by atoms with Crippen LogP contribution in [0.4, 0.5) is 0 Å². The van der Waals surface area contributed by atoms with E-state index in [2.05, 4.69) is 12.2 Å². The second-order valence-corrected chi connectivity index (χ2v) is 7.32. The number of rotatable bonds is 5. The molecule has 6 heteroatoms. The van der Waals surface area contributed by atoms with E-state index in [0.29, 0.717) is 48.0 Å². The zero-order chi connectivity index (χ0) is 20.3. The molecule has 2 aromatic rings. The van der Waals surface area contributed by atoms with Crippen molar-refractivity contribution >= 4 is 23.4 Å². The van der Waals surface area contributed by atoms with E-state index < -0.39 is 0 Å². The maximum Gasteiger partial charge on any atom is 0.257 e. The number of ether oxygens (including phenoxy) is 1. The van der Waals surface area contributed by atoms with Gasteiger partial charge in [-0.25, -0.2) is 0 Å². The molecule has 1 N–H and O–H groups in total. The zero-order valence-corrected chi connectivity index (χ0v) is 17.2. The normalized spacial score (nSPS) is 13.6. The van der Waals surface area contributed by atoms with Gasteiger partial charge in [-0.3, -0.25) is 9.59 Å². The van der Waals surface area contributed by atoms with Crippen molar-refractivity contribution in [2.45, 2.75) is 26.7 Å². The SMILES string of the molecule is CCCN1CCOc2c(cc(Cc3ccc(C(=O)NC)cc3)c(C)c2Cl)C1=O. The molecule has 3 rings (SSSR count). The molecule has 0 unspecified atom stereocenters. The van der Waals surface area contributed by atoms with Gasteiger partial charge in [-0.1, -0.05) is 30.7 Å². The predicted octanol–water partition coefficient (Wildman–Crippen LogP) is 3.84. The molecule has 2 aromatic carbocycles. The van der Waals surface area contributed by atoms with E-state index in [1.54, 1.807) is 19.2 Å². The van der Waals surface area contributed by atoms with E-state index >= 15 is 0 Å². The lowest BCUT2D eigenvalue weighted by molar-refractivity contribution is 0.0755. The number of halogens is 1. The van der Waals surface area contributed by atoms with Crippen molar-refractivity contribution in [3.63, 3.8) is 0 Å². The smallest absolute Gasteiger partial charge is 0.257 e. The van der Waals surface area contributed by atoms with Crippen LogP contribution in [-0.4, -0.2) is 43.5 Å². The Hall–Kier alpha value is -2.53. The van der Waals surface area contributed by atoms with E-state index in [1.807, 2.05) is 30.0 Å². The summed E-state index contributed by atoms with van der Waals surface area (Å²) in [5.74, 6) is 0.337. The van der Waals surface area contributed by atoms with Crippen molar-refractivity contribution in [2.75, 3.05) is 26.7 Å². The van der Waals surface area contributed by atoms with Gasteiger partial charge in [-0.15, -0.1) is 0 Å². The number of hydrogen-bond acceptors (Lipinski definition) is 3. The number of nitrogens with one attached hydrogen (secondary N) is 1. The molecule has 5 nitrogen and oxygen atoms in total. The summed E-state index contributed by atoms with van der Waals surface area (Å²) >= 11 is 6.58. The first-order valence-electron chi connectivity index (χ1n) is 9.51.